The highest BCUT2D eigenvalue weighted by Crippen LogP contribution is 2.40. The van der Waals surface area contributed by atoms with Crippen molar-refractivity contribution in [1.82, 2.24) is 5.32 Å². The Hall–Kier alpha value is -2.28. The number of ketones is 1. The predicted octanol–water partition coefficient (Wildman–Crippen LogP) is 0.816. The number of nitrogens with one attached hydrogen (secondary N) is 1. The maximum absolute atomic E-state index is 12.5. The summed E-state index contributed by atoms with van der Waals surface area (Å²) in [5.41, 5.74) is -0.904. The maximum atomic E-state index is 12.5. The second-order valence-electron chi connectivity index (χ2n) is 6.15. The van der Waals surface area contributed by atoms with Gasteiger partial charge in [-0.25, -0.2) is 0 Å². The Bertz CT molecular complexity index is 725. The summed E-state index contributed by atoms with van der Waals surface area (Å²) >= 11 is 0.763. The molecular weight excluding hydrogens is 423 g/mol. The molecule has 0 aliphatic carbocycles. The Morgan fingerprint density at radius 1 is 1.07 bits per heavy atom. The number of allylic oxidation sites excluding steroid dienone is 1. The molecule has 13 heteroatoms. The van der Waals surface area contributed by atoms with E-state index in [0.717, 1.165) is 32.5 Å². The molecule has 5 atom stereocenters. The predicted molar refractivity (Wildman–Crippen MR) is 90.1 cm³/mol. The molecule has 0 unspecified atom stereocenters. The first-order valence-electron chi connectivity index (χ1n) is 8.27. The van der Waals surface area contributed by atoms with E-state index in [2.05, 4.69) is 5.32 Å². The van der Waals surface area contributed by atoms with Crippen LogP contribution >= 0.6 is 11.8 Å². The monoisotopic (exact) mass is 441 g/mol. The number of ether oxygens (including phenoxy) is 4. The van der Waals surface area contributed by atoms with E-state index in [1.165, 1.54) is 0 Å². The van der Waals surface area contributed by atoms with Gasteiger partial charge in [0.15, 0.2) is 12.2 Å². The molecule has 0 saturated carbocycles. The number of fused-ring (bicyclic) bond motifs is 1. The second kappa shape index (κ2) is 9.03. The molecule has 0 bridgehead atoms. The number of halogens is 3. The molecule has 2 saturated heterocycles. The summed E-state index contributed by atoms with van der Waals surface area (Å²) in [6.07, 6.45) is -8.13. The smallest absolute Gasteiger partial charge is 0.454 e. The molecular formula is C16H18F3NO8S. The summed E-state index contributed by atoms with van der Waals surface area (Å²) < 4.78 is 58.6. The van der Waals surface area contributed by atoms with E-state index in [0.29, 0.717) is 6.08 Å². The standard InChI is InChI=1S/C16H18F3NO8S/c1-6(21)25-5-9-13(26-7(2)22)14(27-8(3)23)12-15(28-9)29-11(20-12)4-10(24)16(17,18)19/h4,9,12-15,20H,5H2,1-3H3/b11-4+/t9-,12-,13-,14-,15-/m1/s1. The second-order valence-corrected chi connectivity index (χ2v) is 7.29. The van der Waals surface area contributed by atoms with Crippen molar-refractivity contribution >= 4 is 35.5 Å². The third-order valence-corrected chi connectivity index (χ3v) is 4.92. The number of carbonyl (C=O) groups excluding carboxylic acids is 4. The average Bonchev–Trinajstić information content (AvgIpc) is 2.95. The minimum absolute atomic E-state index is 0.158. The Balaban J connectivity index is 2.32. The summed E-state index contributed by atoms with van der Waals surface area (Å²) in [5.74, 6) is -4.21. The zero-order valence-electron chi connectivity index (χ0n) is 15.5. The highest BCUT2D eigenvalue weighted by Gasteiger charge is 2.53. The normalized spacial score (nSPS) is 30.1. The van der Waals surface area contributed by atoms with Crippen LogP contribution in [0.3, 0.4) is 0 Å². The van der Waals surface area contributed by atoms with E-state index in [4.69, 9.17) is 18.9 Å². The van der Waals surface area contributed by atoms with E-state index in [9.17, 15) is 32.3 Å². The number of hydrogen-bond donors (Lipinski definition) is 1. The molecule has 0 aromatic heterocycles. The minimum Gasteiger partial charge on any atom is -0.463 e. The number of thioether (sulfide) groups is 1. The molecule has 0 aromatic carbocycles. The molecule has 29 heavy (non-hydrogen) atoms. The van der Waals surface area contributed by atoms with Crippen molar-refractivity contribution in [2.75, 3.05) is 6.61 Å². The number of alkyl halides is 3. The summed E-state index contributed by atoms with van der Waals surface area (Å²) in [6.45, 7) is 2.99. The molecule has 2 aliphatic heterocycles. The largest absolute Gasteiger partial charge is 0.463 e. The zero-order chi connectivity index (χ0) is 21.9. The fourth-order valence-electron chi connectivity index (χ4n) is 2.76. The molecule has 2 fully saturated rings. The van der Waals surface area contributed by atoms with E-state index >= 15 is 0 Å². The van der Waals surface area contributed by atoms with Crippen molar-refractivity contribution in [2.24, 2.45) is 0 Å². The van der Waals surface area contributed by atoms with Crippen LogP contribution in [0.25, 0.3) is 0 Å². The zero-order valence-corrected chi connectivity index (χ0v) is 16.3. The molecule has 2 heterocycles. The van der Waals surface area contributed by atoms with Crippen LogP contribution in [0.15, 0.2) is 11.1 Å². The summed E-state index contributed by atoms with van der Waals surface area (Å²) in [7, 11) is 0. The molecule has 1 N–H and O–H groups in total. The van der Waals surface area contributed by atoms with Crippen LogP contribution in [0.1, 0.15) is 20.8 Å². The fourth-order valence-corrected chi connectivity index (χ4v) is 3.95. The van der Waals surface area contributed by atoms with Gasteiger partial charge in [-0.3, -0.25) is 19.2 Å². The molecule has 2 rings (SSSR count). The number of esters is 3. The fraction of sp³-hybridized carbons (Fsp3) is 0.625. The van der Waals surface area contributed by atoms with Crippen LogP contribution in [-0.4, -0.2) is 66.3 Å². The van der Waals surface area contributed by atoms with Crippen LogP contribution in [0.2, 0.25) is 0 Å². The third-order valence-electron chi connectivity index (χ3n) is 3.79. The van der Waals surface area contributed by atoms with Crippen LogP contribution in [-0.2, 0) is 38.1 Å². The highest BCUT2D eigenvalue weighted by molar-refractivity contribution is 8.03. The molecule has 162 valence electrons. The Labute approximate surface area is 167 Å². The third kappa shape index (κ3) is 6.10. The van der Waals surface area contributed by atoms with Gasteiger partial charge in [0.2, 0.25) is 0 Å². The van der Waals surface area contributed by atoms with Gasteiger partial charge in [0.1, 0.15) is 24.2 Å². The van der Waals surface area contributed by atoms with Crippen LogP contribution in [0.4, 0.5) is 13.2 Å². The van der Waals surface area contributed by atoms with Crippen molar-refractivity contribution < 1.29 is 51.3 Å². The number of carbonyl (C=O) groups is 4. The van der Waals surface area contributed by atoms with Crippen molar-refractivity contribution in [3.8, 4) is 0 Å². The quantitative estimate of drug-likeness (QED) is 0.373. The lowest BCUT2D eigenvalue weighted by Crippen LogP contribution is -2.62. The number of hydrogen-bond acceptors (Lipinski definition) is 10. The van der Waals surface area contributed by atoms with Gasteiger partial charge in [-0.15, -0.1) is 0 Å². The van der Waals surface area contributed by atoms with Gasteiger partial charge in [0.05, 0.1) is 5.03 Å². The van der Waals surface area contributed by atoms with E-state index in [1.54, 1.807) is 0 Å². The SMILES string of the molecule is CC(=O)OC[C@H]1O[C@@H]2S/C(=C/C(=O)C(F)(F)F)N[C@@H]2[C@@H](OC(C)=O)[C@@H]1OC(C)=O. The highest BCUT2D eigenvalue weighted by atomic mass is 32.2. The van der Waals surface area contributed by atoms with Gasteiger partial charge >= 0.3 is 24.1 Å². The van der Waals surface area contributed by atoms with Gasteiger partial charge < -0.3 is 24.3 Å². The summed E-state index contributed by atoms with van der Waals surface area (Å²) in [4.78, 5) is 45.4. The first-order valence-corrected chi connectivity index (χ1v) is 9.15. The average molecular weight is 441 g/mol. The molecule has 0 spiro atoms. The molecule has 9 nitrogen and oxygen atoms in total. The summed E-state index contributed by atoms with van der Waals surface area (Å²) in [5, 5.41) is 2.48. The lowest BCUT2D eigenvalue weighted by Gasteiger charge is -2.41. The Morgan fingerprint density at radius 2 is 1.66 bits per heavy atom. The summed E-state index contributed by atoms with van der Waals surface area (Å²) in [6, 6.07) is -0.922. The number of rotatable bonds is 5. The van der Waals surface area contributed by atoms with Crippen molar-refractivity contribution in [3.63, 3.8) is 0 Å². The van der Waals surface area contributed by atoms with E-state index in [-0.39, 0.29) is 11.6 Å². The topological polar surface area (TPSA) is 117 Å². The molecule has 0 radical (unpaired) electrons. The van der Waals surface area contributed by atoms with Gasteiger partial charge in [0.25, 0.3) is 5.78 Å². The molecule has 0 amide bonds. The lowest BCUT2D eigenvalue weighted by atomic mass is 9.97. The van der Waals surface area contributed by atoms with E-state index < -0.39 is 59.7 Å². The van der Waals surface area contributed by atoms with Crippen molar-refractivity contribution in [1.29, 1.82) is 0 Å². The first-order chi connectivity index (χ1) is 13.4. The van der Waals surface area contributed by atoms with Crippen molar-refractivity contribution in [2.45, 2.75) is 56.7 Å². The van der Waals surface area contributed by atoms with Gasteiger partial charge in [-0.1, -0.05) is 11.8 Å². The van der Waals surface area contributed by atoms with E-state index in [1.807, 2.05) is 0 Å². The molecule has 2 aliphatic rings. The van der Waals surface area contributed by atoms with Gasteiger partial charge in [-0.2, -0.15) is 13.2 Å². The van der Waals surface area contributed by atoms with Crippen LogP contribution < -0.4 is 5.32 Å². The van der Waals surface area contributed by atoms with Gasteiger partial charge in [-0.05, 0) is 0 Å². The minimum atomic E-state index is -5.06. The Morgan fingerprint density at radius 3 is 2.17 bits per heavy atom. The maximum Gasteiger partial charge on any atom is 0.454 e. The van der Waals surface area contributed by atoms with Crippen LogP contribution in [0.5, 0.6) is 0 Å². The van der Waals surface area contributed by atoms with Crippen molar-refractivity contribution in [3.05, 3.63) is 11.1 Å². The van der Waals surface area contributed by atoms with Crippen LogP contribution in [0, 0.1) is 0 Å². The first kappa shape index (κ1) is 23.0. The lowest BCUT2D eigenvalue weighted by molar-refractivity contribution is -0.209. The Kier molecular flexibility index (Phi) is 7.16. The van der Waals surface area contributed by atoms with Gasteiger partial charge in [0, 0.05) is 26.8 Å². The molecule has 0 aromatic rings.